The first-order valence-electron chi connectivity index (χ1n) is 8.03. The molecule has 3 rings (SSSR count). The molecule has 2 aromatic rings. The first-order chi connectivity index (χ1) is 11.6. The molecule has 0 saturated carbocycles. The lowest BCUT2D eigenvalue weighted by Crippen LogP contribution is -2.23. The number of nitrogen functional groups attached to an aromatic ring is 1. The Balaban J connectivity index is 2.05. The van der Waals surface area contributed by atoms with Crippen molar-refractivity contribution < 1.29 is 19.4 Å². The zero-order chi connectivity index (χ0) is 17.3. The summed E-state index contributed by atoms with van der Waals surface area (Å²) in [6.45, 7) is 2.52. The number of aromatic hydroxyl groups is 1. The summed E-state index contributed by atoms with van der Waals surface area (Å²) < 4.78 is 5.61. The Kier molecular flexibility index (Phi) is 4.25. The highest BCUT2D eigenvalue weighted by Gasteiger charge is 2.35. The Morgan fingerprint density at radius 1 is 1.04 bits per heavy atom. The summed E-state index contributed by atoms with van der Waals surface area (Å²) in [5, 5.41) is 10.3. The van der Waals surface area contributed by atoms with Gasteiger partial charge in [-0.3, -0.25) is 9.59 Å². The van der Waals surface area contributed by atoms with Crippen molar-refractivity contribution in [3.63, 3.8) is 0 Å². The molecular weight excluding hydrogens is 306 g/mol. The number of phenols is 1. The van der Waals surface area contributed by atoms with Crippen molar-refractivity contribution in [3.8, 4) is 11.5 Å². The summed E-state index contributed by atoms with van der Waals surface area (Å²) in [4.78, 5) is 25.4. The van der Waals surface area contributed by atoms with E-state index < -0.39 is 5.78 Å². The third-order valence-corrected chi connectivity index (χ3v) is 4.18. The van der Waals surface area contributed by atoms with Crippen LogP contribution in [0.15, 0.2) is 30.3 Å². The SMILES string of the molecule is CCCCCOc1cc(O)c2c(c1N)C(=O)c1ccccc1C2=O. The molecule has 3 N–H and O–H groups in total. The summed E-state index contributed by atoms with van der Waals surface area (Å²) >= 11 is 0. The molecule has 1 aliphatic carbocycles. The fourth-order valence-corrected chi connectivity index (χ4v) is 2.93. The van der Waals surface area contributed by atoms with E-state index in [2.05, 4.69) is 6.92 Å². The lowest BCUT2D eigenvalue weighted by molar-refractivity contribution is 0.0977. The van der Waals surface area contributed by atoms with Gasteiger partial charge < -0.3 is 15.6 Å². The van der Waals surface area contributed by atoms with Gasteiger partial charge in [0, 0.05) is 17.2 Å². The minimum absolute atomic E-state index is 0.0317. The fraction of sp³-hybridized carbons (Fsp3) is 0.263. The summed E-state index contributed by atoms with van der Waals surface area (Å²) in [5.41, 5.74) is 6.75. The van der Waals surface area contributed by atoms with Gasteiger partial charge in [-0.05, 0) is 6.42 Å². The van der Waals surface area contributed by atoms with Gasteiger partial charge in [-0.2, -0.15) is 0 Å². The van der Waals surface area contributed by atoms with Crippen LogP contribution in [-0.4, -0.2) is 23.3 Å². The molecule has 0 spiro atoms. The molecule has 0 radical (unpaired) electrons. The number of ketones is 2. The van der Waals surface area contributed by atoms with E-state index in [0.29, 0.717) is 12.2 Å². The highest BCUT2D eigenvalue weighted by Crippen LogP contribution is 2.41. The van der Waals surface area contributed by atoms with E-state index in [1.165, 1.54) is 6.07 Å². The molecule has 0 unspecified atom stereocenters. The van der Waals surface area contributed by atoms with Crippen LogP contribution in [0.1, 0.15) is 58.0 Å². The zero-order valence-electron chi connectivity index (χ0n) is 13.5. The van der Waals surface area contributed by atoms with E-state index in [4.69, 9.17) is 10.5 Å². The number of carbonyl (C=O) groups excluding carboxylic acids is 2. The molecule has 5 heteroatoms. The van der Waals surface area contributed by atoms with Gasteiger partial charge in [-0.15, -0.1) is 0 Å². The largest absolute Gasteiger partial charge is 0.507 e. The van der Waals surface area contributed by atoms with Gasteiger partial charge in [0.2, 0.25) is 0 Å². The van der Waals surface area contributed by atoms with Crippen LogP contribution in [0.2, 0.25) is 0 Å². The van der Waals surface area contributed by atoms with Gasteiger partial charge in [0.05, 0.1) is 23.4 Å². The number of carbonyl (C=O) groups is 2. The first-order valence-corrected chi connectivity index (χ1v) is 8.03. The zero-order valence-corrected chi connectivity index (χ0v) is 13.5. The number of rotatable bonds is 5. The molecule has 0 aromatic heterocycles. The average molecular weight is 325 g/mol. The van der Waals surface area contributed by atoms with Gasteiger partial charge >= 0.3 is 0 Å². The van der Waals surface area contributed by atoms with Crippen molar-refractivity contribution >= 4 is 17.3 Å². The molecule has 0 fully saturated rings. The summed E-state index contributed by atoms with van der Waals surface area (Å²) in [7, 11) is 0. The average Bonchev–Trinajstić information content (AvgIpc) is 2.59. The lowest BCUT2D eigenvalue weighted by Gasteiger charge is -2.21. The lowest BCUT2D eigenvalue weighted by atomic mass is 9.82. The molecule has 24 heavy (non-hydrogen) atoms. The second-order valence-electron chi connectivity index (χ2n) is 5.82. The van der Waals surface area contributed by atoms with E-state index in [-0.39, 0.29) is 39.7 Å². The molecule has 0 atom stereocenters. The Bertz CT molecular complexity index is 826. The van der Waals surface area contributed by atoms with Gasteiger partial charge in [0.1, 0.15) is 11.5 Å². The van der Waals surface area contributed by atoms with E-state index >= 15 is 0 Å². The molecule has 5 nitrogen and oxygen atoms in total. The molecule has 124 valence electrons. The van der Waals surface area contributed by atoms with E-state index in [9.17, 15) is 14.7 Å². The molecule has 0 aliphatic heterocycles. The second-order valence-corrected chi connectivity index (χ2v) is 5.82. The topological polar surface area (TPSA) is 89.6 Å². The summed E-state index contributed by atoms with van der Waals surface area (Å²) in [5.74, 6) is -0.811. The van der Waals surface area contributed by atoms with Crippen LogP contribution in [-0.2, 0) is 0 Å². The number of hydrogen-bond donors (Lipinski definition) is 2. The summed E-state index contributed by atoms with van der Waals surface area (Å²) in [6.07, 6.45) is 2.92. The Morgan fingerprint density at radius 2 is 1.67 bits per heavy atom. The van der Waals surface area contributed by atoms with Crippen LogP contribution in [0.25, 0.3) is 0 Å². The number of fused-ring (bicyclic) bond motifs is 2. The van der Waals surface area contributed by atoms with Crippen molar-refractivity contribution in [1.82, 2.24) is 0 Å². The third-order valence-electron chi connectivity index (χ3n) is 4.18. The van der Waals surface area contributed by atoms with Crippen molar-refractivity contribution in [2.75, 3.05) is 12.3 Å². The summed E-state index contributed by atoms with van der Waals surface area (Å²) in [6, 6.07) is 7.85. The Labute approximate surface area is 140 Å². The number of phenolic OH excluding ortho intramolecular Hbond substituents is 1. The van der Waals surface area contributed by atoms with Crippen molar-refractivity contribution in [2.24, 2.45) is 0 Å². The molecule has 0 amide bonds. The van der Waals surface area contributed by atoms with Crippen LogP contribution in [0.3, 0.4) is 0 Å². The maximum atomic E-state index is 12.8. The predicted molar refractivity (Wildman–Crippen MR) is 90.8 cm³/mol. The number of benzene rings is 2. The van der Waals surface area contributed by atoms with Crippen LogP contribution >= 0.6 is 0 Å². The highest BCUT2D eigenvalue weighted by atomic mass is 16.5. The smallest absolute Gasteiger partial charge is 0.198 e. The minimum atomic E-state index is -0.401. The third kappa shape index (κ3) is 2.52. The first kappa shape index (κ1) is 16.1. The van der Waals surface area contributed by atoms with Gasteiger partial charge in [-0.1, -0.05) is 44.0 Å². The van der Waals surface area contributed by atoms with Crippen molar-refractivity contribution in [3.05, 3.63) is 52.6 Å². The number of hydrogen-bond acceptors (Lipinski definition) is 5. The quantitative estimate of drug-likeness (QED) is 0.427. The molecule has 0 heterocycles. The minimum Gasteiger partial charge on any atom is -0.507 e. The molecule has 0 bridgehead atoms. The molecular formula is C19H19NO4. The Morgan fingerprint density at radius 3 is 2.29 bits per heavy atom. The maximum absolute atomic E-state index is 12.8. The fourth-order valence-electron chi connectivity index (χ4n) is 2.93. The number of nitrogens with two attached hydrogens (primary N) is 1. The highest BCUT2D eigenvalue weighted by molar-refractivity contribution is 6.31. The molecule has 0 saturated heterocycles. The van der Waals surface area contributed by atoms with E-state index in [1.807, 2.05) is 0 Å². The number of ether oxygens (including phenoxy) is 1. The number of anilines is 1. The standard InChI is InChI=1S/C19H19NO4/c1-2-3-6-9-24-14-10-13(21)15-16(17(14)20)19(23)12-8-5-4-7-11(12)18(15)22/h4-5,7-8,10,21H,2-3,6,9,20H2,1H3. The monoisotopic (exact) mass is 325 g/mol. The Hall–Kier alpha value is -2.82. The molecule has 2 aromatic carbocycles. The van der Waals surface area contributed by atoms with Crippen LogP contribution in [0.4, 0.5) is 5.69 Å². The number of unbranched alkanes of at least 4 members (excludes halogenated alkanes) is 2. The van der Waals surface area contributed by atoms with Crippen LogP contribution in [0.5, 0.6) is 11.5 Å². The molecule has 1 aliphatic rings. The second kappa shape index (κ2) is 6.35. The van der Waals surface area contributed by atoms with Gasteiger partial charge in [0.15, 0.2) is 11.6 Å². The van der Waals surface area contributed by atoms with Gasteiger partial charge in [-0.25, -0.2) is 0 Å². The van der Waals surface area contributed by atoms with E-state index in [1.54, 1.807) is 24.3 Å². The van der Waals surface area contributed by atoms with E-state index in [0.717, 1.165) is 19.3 Å². The van der Waals surface area contributed by atoms with Crippen LogP contribution in [0, 0.1) is 0 Å². The van der Waals surface area contributed by atoms with Crippen molar-refractivity contribution in [1.29, 1.82) is 0 Å². The predicted octanol–water partition coefficient (Wildman–Crippen LogP) is 3.32. The maximum Gasteiger partial charge on any atom is 0.198 e. The normalized spacial score (nSPS) is 12.7. The van der Waals surface area contributed by atoms with Crippen LogP contribution < -0.4 is 10.5 Å². The van der Waals surface area contributed by atoms with Crippen molar-refractivity contribution in [2.45, 2.75) is 26.2 Å². The van der Waals surface area contributed by atoms with Gasteiger partial charge in [0.25, 0.3) is 0 Å².